The van der Waals surface area contributed by atoms with E-state index in [4.69, 9.17) is 16.3 Å². The van der Waals surface area contributed by atoms with Crippen LogP contribution in [0, 0.1) is 0 Å². The van der Waals surface area contributed by atoms with Crippen LogP contribution in [0.3, 0.4) is 0 Å². The van der Waals surface area contributed by atoms with Crippen molar-refractivity contribution in [3.05, 3.63) is 34.9 Å². The van der Waals surface area contributed by atoms with Gasteiger partial charge in [-0.1, -0.05) is 29.8 Å². The van der Waals surface area contributed by atoms with Crippen LogP contribution in [0.25, 0.3) is 6.08 Å². The first kappa shape index (κ1) is 11.5. The lowest BCUT2D eigenvalue weighted by molar-refractivity contribution is 0.415. The van der Waals surface area contributed by atoms with Crippen LogP contribution in [-0.4, -0.2) is 12.9 Å². The van der Waals surface area contributed by atoms with Crippen molar-refractivity contribution < 1.29 is 4.74 Å². The van der Waals surface area contributed by atoms with Crippen molar-refractivity contribution in [2.75, 3.05) is 12.9 Å². The minimum atomic E-state index is 0.639. The molecule has 0 aliphatic heterocycles. The van der Waals surface area contributed by atoms with Crippen molar-refractivity contribution in [1.82, 2.24) is 0 Å². The Morgan fingerprint density at radius 2 is 2.29 bits per heavy atom. The second-order valence-corrected chi connectivity index (χ2v) is 3.66. The summed E-state index contributed by atoms with van der Waals surface area (Å²) in [6.07, 6.45) is 5.07. The molecule has 1 rings (SSSR count). The van der Waals surface area contributed by atoms with Gasteiger partial charge in [-0.3, -0.25) is 0 Å². The van der Waals surface area contributed by atoms with Crippen molar-refractivity contribution in [3.8, 4) is 5.75 Å². The van der Waals surface area contributed by atoms with E-state index in [2.05, 4.69) is 18.7 Å². The fraction of sp³-hybridized carbons (Fsp3) is 0.273. The molecule has 0 aliphatic rings. The molecule has 0 aliphatic carbocycles. The van der Waals surface area contributed by atoms with Gasteiger partial charge in [0.1, 0.15) is 5.75 Å². The summed E-state index contributed by atoms with van der Waals surface area (Å²) in [4.78, 5) is 0. The SMILES string of the molecule is COc1ccc(C=CCCS)cc1Cl. The van der Waals surface area contributed by atoms with Crippen LogP contribution in [0.15, 0.2) is 24.3 Å². The number of ether oxygens (including phenoxy) is 1. The molecular formula is C11H13ClOS. The highest BCUT2D eigenvalue weighted by Crippen LogP contribution is 2.25. The van der Waals surface area contributed by atoms with Crippen LogP contribution in [-0.2, 0) is 0 Å². The van der Waals surface area contributed by atoms with Gasteiger partial charge in [-0.25, -0.2) is 0 Å². The summed E-state index contributed by atoms with van der Waals surface area (Å²) in [5, 5.41) is 0.639. The molecule has 0 bridgehead atoms. The van der Waals surface area contributed by atoms with Gasteiger partial charge in [0.15, 0.2) is 0 Å². The Kier molecular flexibility index (Phi) is 4.91. The van der Waals surface area contributed by atoms with E-state index in [0.29, 0.717) is 10.8 Å². The Morgan fingerprint density at radius 3 is 2.86 bits per heavy atom. The molecule has 1 aromatic rings. The summed E-state index contributed by atoms with van der Waals surface area (Å²) in [6.45, 7) is 0. The smallest absolute Gasteiger partial charge is 0.137 e. The van der Waals surface area contributed by atoms with E-state index in [0.717, 1.165) is 17.7 Å². The van der Waals surface area contributed by atoms with Crippen molar-refractivity contribution in [2.45, 2.75) is 6.42 Å². The average Bonchev–Trinajstić information content (AvgIpc) is 2.18. The molecule has 0 spiro atoms. The van der Waals surface area contributed by atoms with E-state index in [9.17, 15) is 0 Å². The molecule has 0 N–H and O–H groups in total. The largest absolute Gasteiger partial charge is 0.495 e. The van der Waals surface area contributed by atoms with Gasteiger partial charge in [0.25, 0.3) is 0 Å². The molecule has 14 heavy (non-hydrogen) atoms. The second kappa shape index (κ2) is 5.99. The van der Waals surface area contributed by atoms with E-state index in [1.165, 1.54) is 0 Å². The molecule has 0 fully saturated rings. The first-order chi connectivity index (χ1) is 6.77. The normalized spacial score (nSPS) is 10.8. The molecule has 76 valence electrons. The van der Waals surface area contributed by atoms with Crippen LogP contribution in [0.1, 0.15) is 12.0 Å². The van der Waals surface area contributed by atoms with Crippen LogP contribution < -0.4 is 4.74 Å². The fourth-order valence-electron chi connectivity index (χ4n) is 1.08. The lowest BCUT2D eigenvalue weighted by Gasteiger charge is -2.02. The third kappa shape index (κ3) is 3.28. The molecule has 0 saturated carbocycles. The molecule has 0 atom stereocenters. The molecule has 0 heterocycles. The van der Waals surface area contributed by atoms with E-state index >= 15 is 0 Å². The quantitative estimate of drug-likeness (QED) is 0.774. The van der Waals surface area contributed by atoms with Crippen molar-refractivity contribution in [3.63, 3.8) is 0 Å². The summed E-state index contributed by atoms with van der Waals surface area (Å²) in [6, 6.07) is 5.72. The van der Waals surface area contributed by atoms with E-state index in [1.54, 1.807) is 7.11 Å². The Balaban J connectivity index is 2.76. The van der Waals surface area contributed by atoms with Crippen molar-refractivity contribution >= 4 is 30.3 Å². The van der Waals surface area contributed by atoms with Crippen LogP contribution >= 0.6 is 24.2 Å². The number of halogens is 1. The molecule has 0 amide bonds. The summed E-state index contributed by atoms with van der Waals surface area (Å²) >= 11 is 10.1. The average molecular weight is 229 g/mol. The first-order valence-electron chi connectivity index (χ1n) is 4.39. The maximum Gasteiger partial charge on any atom is 0.137 e. The van der Waals surface area contributed by atoms with Crippen molar-refractivity contribution in [2.24, 2.45) is 0 Å². The summed E-state index contributed by atoms with van der Waals surface area (Å²) in [5.41, 5.74) is 1.08. The predicted molar refractivity (Wildman–Crippen MR) is 65.5 cm³/mol. The maximum atomic E-state index is 5.97. The zero-order chi connectivity index (χ0) is 10.4. The summed E-state index contributed by atoms with van der Waals surface area (Å²) in [5.74, 6) is 1.57. The standard InChI is InChI=1S/C11H13ClOS/c1-13-11-6-5-9(8-10(11)12)4-2-3-7-14/h2,4-6,8,14H,3,7H2,1H3. The number of benzene rings is 1. The number of hydrogen-bond acceptors (Lipinski definition) is 2. The van der Waals surface area contributed by atoms with Gasteiger partial charge >= 0.3 is 0 Å². The minimum absolute atomic E-state index is 0.639. The Bertz CT molecular complexity index is 323. The monoisotopic (exact) mass is 228 g/mol. The maximum absolute atomic E-state index is 5.97. The molecule has 1 nitrogen and oxygen atoms in total. The van der Waals surface area contributed by atoms with E-state index in [-0.39, 0.29) is 0 Å². The summed E-state index contributed by atoms with van der Waals surface area (Å²) < 4.78 is 5.06. The minimum Gasteiger partial charge on any atom is -0.495 e. The number of rotatable bonds is 4. The van der Waals surface area contributed by atoms with Gasteiger partial charge in [0.2, 0.25) is 0 Å². The van der Waals surface area contributed by atoms with Crippen molar-refractivity contribution in [1.29, 1.82) is 0 Å². The second-order valence-electron chi connectivity index (χ2n) is 2.81. The zero-order valence-electron chi connectivity index (χ0n) is 8.03. The van der Waals surface area contributed by atoms with Gasteiger partial charge in [-0.15, -0.1) is 0 Å². The third-order valence-electron chi connectivity index (χ3n) is 1.78. The van der Waals surface area contributed by atoms with E-state index < -0.39 is 0 Å². The molecular weight excluding hydrogens is 216 g/mol. The van der Waals surface area contributed by atoms with Crippen LogP contribution in [0.5, 0.6) is 5.75 Å². The lowest BCUT2D eigenvalue weighted by Crippen LogP contribution is -1.84. The zero-order valence-corrected chi connectivity index (χ0v) is 9.68. The topological polar surface area (TPSA) is 9.23 Å². The molecule has 0 unspecified atom stereocenters. The van der Waals surface area contributed by atoms with Crippen LogP contribution in [0.2, 0.25) is 5.02 Å². The van der Waals surface area contributed by atoms with Gasteiger partial charge in [-0.2, -0.15) is 12.6 Å². The highest BCUT2D eigenvalue weighted by Gasteiger charge is 1.98. The molecule has 0 radical (unpaired) electrons. The van der Waals surface area contributed by atoms with Gasteiger partial charge < -0.3 is 4.74 Å². The van der Waals surface area contributed by atoms with Gasteiger partial charge in [0, 0.05) is 0 Å². The highest BCUT2D eigenvalue weighted by molar-refractivity contribution is 7.80. The molecule has 0 saturated heterocycles. The Morgan fingerprint density at radius 1 is 1.50 bits per heavy atom. The fourth-order valence-corrected chi connectivity index (χ4v) is 1.50. The Labute approximate surface area is 95.1 Å². The number of thiol groups is 1. The number of allylic oxidation sites excluding steroid dienone is 1. The molecule has 0 aromatic heterocycles. The Hall–Kier alpha value is -0.600. The third-order valence-corrected chi connectivity index (χ3v) is 2.34. The molecule has 3 heteroatoms. The van der Waals surface area contributed by atoms with Gasteiger partial charge in [-0.05, 0) is 29.9 Å². The number of hydrogen-bond donors (Lipinski definition) is 1. The highest BCUT2D eigenvalue weighted by atomic mass is 35.5. The predicted octanol–water partition coefficient (Wildman–Crippen LogP) is 3.68. The molecule has 1 aromatic carbocycles. The van der Waals surface area contributed by atoms with E-state index in [1.807, 2.05) is 24.3 Å². The lowest BCUT2D eigenvalue weighted by atomic mass is 10.2. The first-order valence-corrected chi connectivity index (χ1v) is 5.40. The van der Waals surface area contributed by atoms with Gasteiger partial charge in [0.05, 0.1) is 12.1 Å². The van der Waals surface area contributed by atoms with Crippen LogP contribution in [0.4, 0.5) is 0 Å². The number of methoxy groups -OCH3 is 1. The summed E-state index contributed by atoms with van der Waals surface area (Å²) in [7, 11) is 1.61.